The van der Waals surface area contributed by atoms with E-state index in [9.17, 15) is 9.59 Å². The Morgan fingerprint density at radius 3 is 1.93 bits per heavy atom. The first-order valence-electron chi connectivity index (χ1n) is 11.0. The molecule has 0 saturated carbocycles. The summed E-state index contributed by atoms with van der Waals surface area (Å²) in [5.74, 6) is -0.313. The van der Waals surface area contributed by atoms with Crippen molar-refractivity contribution in [1.82, 2.24) is 14.7 Å². The van der Waals surface area contributed by atoms with Crippen LogP contribution >= 0.6 is 0 Å². The minimum atomic E-state index is -0.156. The second-order valence-corrected chi connectivity index (χ2v) is 8.59. The first-order valence-corrected chi connectivity index (χ1v) is 11.0. The number of benzene rings is 2. The number of fused-ring (bicyclic) bond motifs is 1. The number of carbonyl (C=O) groups excluding carboxylic acids is 2. The van der Waals surface area contributed by atoms with Gasteiger partial charge in [-0.05, 0) is 50.9 Å². The monoisotopic (exact) mass is 405 g/mol. The Hall–Kier alpha value is -2.50. The number of amides is 2. The molecule has 0 radical (unpaired) electrons. The molecular formula is C25H31N3O2. The molecule has 0 spiro atoms. The molecule has 2 aliphatic rings. The molecule has 5 heteroatoms. The molecule has 0 bridgehead atoms. The molecule has 0 aliphatic carbocycles. The van der Waals surface area contributed by atoms with Gasteiger partial charge in [0.15, 0.2) is 0 Å². The molecule has 5 nitrogen and oxygen atoms in total. The zero-order chi connectivity index (χ0) is 21.1. The van der Waals surface area contributed by atoms with E-state index in [1.165, 1.54) is 10.5 Å². The second kappa shape index (κ2) is 9.11. The topological polar surface area (TPSA) is 43.9 Å². The van der Waals surface area contributed by atoms with Crippen LogP contribution in [0.15, 0.2) is 54.6 Å². The van der Waals surface area contributed by atoms with Gasteiger partial charge in [-0.15, -0.1) is 0 Å². The normalized spacial score (nSPS) is 22.5. The number of hydrogen-bond donors (Lipinski definition) is 0. The van der Waals surface area contributed by atoms with Gasteiger partial charge in [0, 0.05) is 38.3 Å². The summed E-state index contributed by atoms with van der Waals surface area (Å²) in [6.07, 6.45) is 2.27. The van der Waals surface area contributed by atoms with Crippen LogP contribution in [0.3, 0.4) is 0 Å². The summed E-state index contributed by atoms with van der Waals surface area (Å²) in [6, 6.07) is 18.7. The highest BCUT2D eigenvalue weighted by atomic mass is 16.2. The number of nitrogens with zero attached hydrogens (tertiary/aromatic N) is 3. The lowest BCUT2D eigenvalue weighted by molar-refractivity contribution is 0.0325. The zero-order valence-corrected chi connectivity index (χ0v) is 18.0. The van der Waals surface area contributed by atoms with E-state index in [0.717, 1.165) is 39.0 Å². The van der Waals surface area contributed by atoms with Crippen LogP contribution in [-0.2, 0) is 6.42 Å². The standard InChI is InChI=1S/C25H31N3O2/c1-19-17-26(15-16-28-24(29)22-12-6-7-13-23(22)25(28)30)18-20(2)27(19)14-8-11-21-9-4-3-5-10-21/h3-7,9-10,12-13,19-20H,8,11,14-18H2,1-2H3. The fourth-order valence-electron chi connectivity index (χ4n) is 4.88. The van der Waals surface area contributed by atoms with Gasteiger partial charge in [-0.3, -0.25) is 24.3 Å². The predicted octanol–water partition coefficient (Wildman–Crippen LogP) is 3.31. The number of aryl methyl sites for hydroxylation is 1. The summed E-state index contributed by atoms with van der Waals surface area (Å²) in [5.41, 5.74) is 2.47. The molecular weight excluding hydrogens is 374 g/mol. The van der Waals surface area contributed by atoms with Crippen LogP contribution in [0.25, 0.3) is 0 Å². The molecule has 0 aromatic heterocycles. The summed E-state index contributed by atoms with van der Waals surface area (Å²) >= 11 is 0. The average Bonchev–Trinajstić information content (AvgIpc) is 2.99. The molecule has 2 amide bonds. The van der Waals surface area contributed by atoms with E-state index < -0.39 is 0 Å². The average molecular weight is 406 g/mol. The van der Waals surface area contributed by atoms with Gasteiger partial charge in [-0.1, -0.05) is 42.5 Å². The van der Waals surface area contributed by atoms with Crippen molar-refractivity contribution in [2.45, 2.75) is 38.8 Å². The summed E-state index contributed by atoms with van der Waals surface area (Å²) in [4.78, 5) is 31.6. The van der Waals surface area contributed by atoms with Crippen molar-refractivity contribution < 1.29 is 9.59 Å². The number of carbonyl (C=O) groups is 2. The number of rotatable bonds is 7. The van der Waals surface area contributed by atoms with E-state index in [1.807, 2.05) is 12.1 Å². The van der Waals surface area contributed by atoms with Gasteiger partial charge in [0.1, 0.15) is 0 Å². The lowest BCUT2D eigenvalue weighted by Gasteiger charge is -2.44. The molecule has 30 heavy (non-hydrogen) atoms. The van der Waals surface area contributed by atoms with Crippen molar-refractivity contribution in [2.24, 2.45) is 0 Å². The van der Waals surface area contributed by atoms with E-state index in [4.69, 9.17) is 0 Å². The van der Waals surface area contributed by atoms with Crippen molar-refractivity contribution in [1.29, 1.82) is 0 Å². The van der Waals surface area contributed by atoms with Crippen LogP contribution in [-0.4, -0.2) is 71.3 Å². The maximum absolute atomic E-state index is 12.6. The Morgan fingerprint density at radius 1 is 0.767 bits per heavy atom. The van der Waals surface area contributed by atoms with Crippen molar-refractivity contribution in [2.75, 3.05) is 32.7 Å². The van der Waals surface area contributed by atoms with Gasteiger partial charge < -0.3 is 0 Å². The van der Waals surface area contributed by atoms with Gasteiger partial charge in [0.2, 0.25) is 0 Å². The first-order chi connectivity index (χ1) is 14.5. The maximum atomic E-state index is 12.6. The highest BCUT2D eigenvalue weighted by Gasteiger charge is 2.36. The van der Waals surface area contributed by atoms with Crippen molar-refractivity contribution in [3.63, 3.8) is 0 Å². The molecule has 1 saturated heterocycles. The third kappa shape index (κ3) is 4.32. The minimum absolute atomic E-state index is 0.156. The maximum Gasteiger partial charge on any atom is 0.261 e. The molecule has 2 aromatic carbocycles. The van der Waals surface area contributed by atoms with E-state index in [2.05, 4.69) is 54.0 Å². The largest absolute Gasteiger partial charge is 0.298 e. The van der Waals surface area contributed by atoms with Crippen LogP contribution < -0.4 is 0 Å². The molecule has 158 valence electrons. The van der Waals surface area contributed by atoms with E-state index >= 15 is 0 Å². The van der Waals surface area contributed by atoms with E-state index in [-0.39, 0.29) is 11.8 Å². The van der Waals surface area contributed by atoms with E-state index in [1.54, 1.807) is 12.1 Å². The summed E-state index contributed by atoms with van der Waals surface area (Å²) in [6.45, 7) is 8.80. The van der Waals surface area contributed by atoms with Gasteiger partial charge in [0.05, 0.1) is 11.1 Å². The Balaban J connectivity index is 1.27. The summed E-state index contributed by atoms with van der Waals surface area (Å²) < 4.78 is 0. The van der Waals surface area contributed by atoms with Crippen LogP contribution in [0.5, 0.6) is 0 Å². The van der Waals surface area contributed by atoms with Crippen LogP contribution in [0.4, 0.5) is 0 Å². The Bertz CT molecular complexity index is 851. The molecule has 0 N–H and O–H groups in total. The van der Waals surface area contributed by atoms with Gasteiger partial charge >= 0.3 is 0 Å². The van der Waals surface area contributed by atoms with E-state index in [0.29, 0.717) is 29.8 Å². The highest BCUT2D eigenvalue weighted by molar-refractivity contribution is 6.21. The molecule has 2 unspecified atom stereocenters. The van der Waals surface area contributed by atoms with Gasteiger partial charge in [0.25, 0.3) is 11.8 Å². The van der Waals surface area contributed by atoms with Crippen molar-refractivity contribution in [3.05, 3.63) is 71.3 Å². The third-order valence-corrected chi connectivity index (χ3v) is 6.42. The van der Waals surface area contributed by atoms with Crippen LogP contribution in [0.1, 0.15) is 46.5 Å². The van der Waals surface area contributed by atoms with Crippen LogP contribution in [0, 0.1) is 0 Å². The Kier molecular flexibility index (Phi) is 6.30. The predicted molar refractivity (Wildman–Crippen MR) is 119 cm³/mol. The molecule has 4 rings (SSSR count). The summed E-state index contributed by atoms with van der Waals surface area (Å²) in [5, 5.41) is 0. The fourth-order valence-corrected chi connectivity index (χ4v) is 4.88. The Morgan fingerprint density at radius 2 is 1.33 bits per heavy atom. The molecule has 2 aliphatic heterocycles. The highest BCUT2D eigenvalue weighted by Crippen LogP contribution is 2.23. The number of hydrogen-bond acceptors (Lipinski definition) is 4. The quantitative estimate of drug-likeness (QED) is 0.663. The summed E-state index contributed by atoms with van der Waals surface area (Å²) in [7, 11) is 0. The SMILES string of the molecule is CC1CN(CCN2C(=O)c3ccccc3C2=O)CC(C)N1CCCc1ccccc1. The Labute approximate surface area is 179 Å². The van der Waals surface area contributed by atoms with Gasteiger partial charge in [-0.2, -0.15) is 0 Å². The van der Waals surface area contributed by atoms with Crippen molar-refractivity contribution >= 4 is 11.8 Å². The minimum Gasteiger partial charge on any atom is -0.298 e. The zero-order valence-electron chi connectivity index (χ0n) is 18.0. The molecule has 1 fully saturated rings. The lowest BCUT2D eigenvalue weighted by Crippen LogP contribution is -2.57. The number of piperazine rings is 1. The smallest absolute Gasteiger partial charge is 0.261 e. The molecule has 2 aromatic rings. The molecule has 2 heterocycles. The lowest BCUT2D eigenvalue weighted by atomic mass is 10.1. The van der Waals surface area contributed by atoms with Gasteiger partial charge in [-0.25, -0.2) is 0 Å². The molecule has 2 atom stereocenters. The first kappa shape index (κ1) is 20.8. The second-order valence-electron chi connectivity index (χ2n) is 8.59. The fraction of sp³-hybridized carbons (Fsp3) is 0.440. The van der Waals surface area contributed by atoms with Crippen molar-refractivity contribution in [3.8, 4) is 0 Å². The third-order valence-electron chi connectivity index (χ3n) is 6.42. The number of imide groups is 1. The van der Waals surface area contributed by atoms with Crippen LogP contribution in [0.2, 0.25) is 0 Å².